The number of hydrogen-bond acceptors (Lipinski definition) is 3. The van der Waals surface area contributed by atoms with Crippen molar-refractivity contribution < 1.29 is 13.2 Å². The first-order valence-electron chi connectivity index (χ1n) is 9.31. The van der Waals surface area contributed by atoms with Gasteiger partial charge in [0.25, 0.3) is 0 Å². The molecule has 0 atom stereocenters. The van der Waals surface area contributed by atoms with Crippen LogP contribution in [0.15, 0.2) is 47.4 Å². The van der Waals surface area contributed by atoms with Crippen molar-refractivity contribution in [2.45, 2.75) is 30.6 Å². The summed E-state index contributed by atoms with van der Waals surface area (Å²) < 4.78 is 27.4. The maximum Gasteiger partial charge on any atom is 0.243 e. The Bertz CT molecular complexity index is 914. The van der Waals surface area contributed by atoms with E-state index in [-0.39, 0.29) is 11.8 Å². The standard InChI is InChI=1S/C20H24N2O3S/c23-20(21-14-15-5-6-15)17-9-11-22(12-10-17)26(24,25)19-8-7-16-3-1-2-4-18(16)13-19/h1-4,7-8,13,15,17H,5-6,9-12,14H2,(H,21,23). The van der Waals surface area contributed by atoms with Crippen molar-refractivity contribution in [3.05, 3.63) is 42.5 Å². The summed E-state index contributed by atoms with van der Waals surface area (Å²) in [6.45, 7) is 1.57. The smallest absolute Gasteiger partial charge is 0.243 e. The van der Waals surface area contributed by atoms with Crippen LogP contribution in [0.5, 0.6) is 0 Å². The molecular weight excluding hydrogens is 348 g/mol. The number of sulfonamides is 1. The molecule has 6 heteroatoms. The lowest BCUT2D eigenvalue weighted by Crippen LogP contribution is -2.43. The van der Waals surface area contributed by atoms with Crippen LogP contribution in [-0.4, -0.2) is 38.3 Å². The maximum absolute atomic E-state index is 13.0. The van der Waals surface area contributed by atoms with Gasteiger partial charge in [-0.3, -0.25) is 4.79 Å². The minimum absolute atomic E-state index is 0.0724. The van der Waals surface area contributed by atoms with E-state index in [1.807, 2.05) is 30.3 Å². The topological polar surface area (TPSA) is 66.5 Å². The third-order valence-electron chi connectivity index (χ3n) is 5.45. The molecule has 138 valence electrons. The van der Waals surface area contributed by atoms with Gasteiger partial charge in [-0.2, -0.15) is 4.31 Å². The summed E-state index contributed by atoms with van der Waals surface area (Å²) in [5.74, 6) is 0.670. The summed E-state index contributed by atoms with van der Waals surface area (Å²) in [6.07, 6.45) is 3.60. The zero-order valence-corrected chi connectivity index (χ0v) is 15.5. The molecule has 1 saturated heterocycles. The molecule has 0 bridgehead atoms. The quantitative estimate of drug-likeness (QED) is 0.878. The molecule has 1 N–H and O–H groups in total. The molecule has 1 amide bonds. The van der Waals surface area contributed by atoms with Crippen molar-refractivity contribution in [1.82, 2.24) is 9.62 Å². The van der Waals surface area contributed by atoms with E-state index in [4.69, 9.17) is 0 Å². The first kappa shape index (κ1) is 17.5. The maximum atomic E-state index is 13.0. The van der Waals surface area contributed by atoms with Gasteiger partial charge in [-0.05, 0) is 54.5 Å². The Morgan fingerprint density at radius 2 is 1.69 bits per heavy atom. The van der Waals surface area contributed by atoms with E-state index >= 15 is 0 Å². The van der Waals surface area contributed by atoms with Crippen LogP contribution >= 0.6 is 0 Å². The number of amides is 1. The Morgan fingerprint density at radius 3 is 2.38 bits per heavy atom. The number of carbonyl (C=O) groups excluding carboxylic acids is 1. The van der Waals surface area contributed by atoms with Crippen LogP contribution in [0.3, 0.4) is 0 Å². The number of rotatable bonds is 5. The highest BCUT2D eigenvalue weighted by atomic mass is 32.2. The average molecular weight is 372 g/mol. The summed E-state index contributed by atoms with van der Waals surface area (Å²) in [5.41, 5.74) is 0. The lowest BCUT2D eigenvalue weighted by molar-refractivity contribution is -0.126. The number of benzene rings is 2. The van der Waals surface area contributed by atoms with Gasteiger partial charge in [-0.1, -0.05) is 30.3 Å². The minimum Gasteiger partial charge on any atom is -0.356 e. The lowest BCUT2D eigenvalue weighted by atomic mass is 9.97. The van der Waals surface area contributed by atoms with Crippen LogP contribution in [-0.2, 0) is 14.8 Å². The summed E-state index contributed by atoms with van der Waals surface area (Å²) in [7, 11) is -3.52. The second kappa shape index (κ2) is 7.00. The molecule has 26 heavy (non-hydrogen) atoms. The van der Waals surface area contributed by atoms with Gasteiger partial charge in [-0.15, -0.1) is 0 Å². The van der Waals surface area contributed by atoms with Crippen LogP contribution in [0.4, 0.5) is 0 Å². The average Bonchev–Trinajstić information content (AvgIpc) is 3.50. The Labute approximate surface area is 154 Å². The van der Waals surface area contributed by atoms with Crippen LogP contribution in [0, 0.1) is 11.8 Å². The Kier molecular flexibility index (Phi) is 4.71. The van der Waals surface area contributed by atoms with Gasteiger partial charge in [0.05, 0.1) is 4.90 Å². The molecule has 2 aliphatic rings. The second-order valence-corrected chi connectivity index (χ2v) is 9.31. The van der Waals surface area contributed by atoms with Gasteiger partial charge >= 0.3 is 0 Å². The van der Waals surface area contributed by atoms with E-state index in [2.05, 4.69) is 5.32 Å². The SMILES string of the molecule is O=C(NCC1CC1)C1CCN(S(=O)(=O)c2ccc3ccccc3c2)CC1. The first-order chi connectivity index (χ1) is 12.5. The second-order valence-electron chi connectivity index (χ2n) is 7.38. The molecule has 2 fully saturated rings. The van der Waals surface area contributed by atoms with Crippen molar-refractivity contribution in [3.8, 4) is 0 Å². The summed E-state index contributed by atoms with van der Waals surface area (Å²) in [4.78, 5) is 12.6. The third kappa shape index (κ3) is 3.62. The van der Waals surface area contributed by atoms with Crippen molar-refractivity contribution >= 4 is 26.7 Å². The summed E-state index contributed by atoms with van der Waals surface area (Å²) in [5, 5.41) is 4.96. The minimum atomic E-state index is -3.52. The molecule has 0 aromatic heterocycles. The van der Waals surface area contributed by atoms with E-state index in [1.165, 1.54) is 17.1 Å². The molecule has 0 unspecified atom stereocenters. The fourth-order valence-electron chi connectivity index (χ4n) is 3.55. The molecule has 1 aliphatic carbocycles. The molecule has 1 heterocycles. The van der Waals surface area contributed by atoms with Crippen LogP contribution < -0.4 is 5.32 Å². The Balaban J connectivity index is 1.42. The van der Waals surface area contributed by atoms with Crippen LogP contribution in [0.1, 0.15) is 25.7 Å². The van der Waals surface area contributed by atoms with Gasteiger partial charge in [0.1, 0.15) is 0 Å². The molecule has 2 aromatic rings. The van der Waals surface area contributed by atoms with Gasteiger partial charge in [0.15, 0.2) is 0 Å². The van der Waals surface area contributed by atoms with E-state index in [9.17, 15) is 13.2 Å². The highest BCUT2D eigenvalue weighted by Gasteiger charge is 2.32. The Morgan fingerprint density at radius 1 is 1.00 bits per heavy atom. The predicted molar refractivity (Wildman–Crippen MR) is 101 cm³/mol. The summed E-state index contributed by atoms with van der Waals surface area (Å²) in [6, 6.07) is 13.0. The van der Waals surface area contributed by atoms with E-state index in [0.29, 0.717) is 36.7 Å². The monoisotopic (exact) mass is 372 g/mol. The Hall–Kier alpha value is -1.92. The molecule has 5 nitrogen and oxygen atoms in total. The fourth-order valence-corrected chi connectivity index (χ4v) is 5.05. The van der Waals surface area contributed by atoms with Crippen molar-refractivity contribution in [3.63, 3.8) is 0 Å². The number of piperidine rings is 1. The highest BCUT2D eigenvalue weighted by Crippen LogP contribution is 2.29. The summed E-state index contributed by atoms with van der Waals surface area (Å²) >= 11 is 0. The highest BCUT2D eigenvalue weighted by molar-refractivity contribution is 7.89. The van der Waals surface area contributed by atoms with Gasteiger partial charge in [0, 0.05) is 25.6 Å². The van der Waals surface area contributed by atoms with E-state index in [0.717, 1.165) is 17.3 Å². The number of nitrogens with one attached hydrogen (secondary N) is 1. The normalized spacial score (nSPS) is 19.5. The van der Waals surface area contributed by atoms with Crippen molar-refractivity contribution in [2.24, 2.45) is 11.8 Å². The third-order valence-corrected chi connectivity index (χ3v) is 7.34. The molecule has 1 saturated carbocycles. The van der Waals surface area contributed by atoms with E-state index < -0.39 is 10.0 Å². The van der Waals surface area contributed by atoms with Crippen molar-refractivity contribution in [1.29, 1.82) is 0 Å². The van der Waals surface area contributed by atoms with Crippen LogP contribution in [0.25, 0.3) is 10.8 Å². The zero-order chi connectivity index (χ0) is 18.1. The predicted octanol–water partition coefficient (Wildman–Crippen LogP) is 2.77. The van der Waals surface area contributed by atoms with Gasteiger partial charge in [0.2, 0.25) is 15.9 Å². The number of carbonyl (C=O) groups is 1. The largest absolute Gasteiger partial charge is 0.356 e. The number of hydrogen-bond donors (Lipinski definition) is 1. The lowest BCUT2D eigenvalue weighted by Gasteiger charge is -2.30. The van der Waals surface area contributed by atoms with Gasteiger partial charge in [-0.25, -0.2) is 8.42 Å². The molecule has 2 aromatic carbocycles. The molecule has 0 spiro atoms. The fraction of sp³-hybridized carbons (Fsp3) is 0.450. The molecule has 4 rings (SSSR count). The number of fused-ring (bicyclic) bond motifs is 1. The molecule has 1 aliphatic heterocycles. The molecule has 0 radical (unpaired) electrons. The van der Waals surface area contributed by atoms with Crippen LogP contribution in [0.2, 0.25) is 0 Å². The first-order valence-corrected chi connectivity index (χ1v) is 10.7. The van der Waals surface area contributed by atoms with E-state index in [1.54, 1.807) is 12.1 Å². The number of nitrogens with zero attached hydrogens (tertiary/aromatic N) is 1. The molecular formula is C20H24N2O3S. The van der Waals surface area contributed by atoms with Gasteiger partial charge < -0.3 is 5.32 Å². The zero-order valence-electron chi connectivity index (χ0n) is 14.7. The van der Waals surface area contributed by atoms with Crippen molar-refractivity contribution in [2.75, 3.05) is 19.6 Å².